The molecule has 2 heterocycles. The lowest BCUT2D eigenvalue weighted by Gasteiger charge is -2.35. The molecule has 2 saturated heterocycles. The maximum absolute atomic E-state index is 3.51. The number of rotatable bonds is 5. The van der Waals surface area contributed by atoms with E-state index in [9.17, 15) is 0 Å². The zero-order valence-electron chi connectivity index (χ0n) is 10.2. The Morgan fingerprint density at radius 2 is 1.06 bits per heavy atom. The van der Waals surface area contributed by atoms with E-state index in [1.807, 2.05) is 0 Å². The number of nitrogens with zero attached hydrogens (tertiary/aromatic N) is 3. The molecule has 2 aliphatic rings. The monoisotopic (exact) mass is 289 g/mol. The van der Waals surface area contributed by atoms with Crippen molar-refractivity contribution in [2.45, 2.75) is 12.8 Å². The van der Waals surface area contributed by atoms with E-state index in [2.05, 4.69) is 30.6 Å². The average molecular weight is 290 g/mol. The molecule has 0 radical (unpaired) electrons. The normalized spacial score (nSPS) is 25.3. The molecule has 3 nitrogen and oxygen atoms in total. The molecule has 4 heteroatoms. The standard InChI is InChI=1S/C12H24BrN3/c13-3-6-15-8-11-16(12-9-15)10-7-14-4-1-2-5-14/h1-12H2. The highest BCUT2D eigenvalue weighted by Crippen LogP contribution is 2.08. The van der Waals surface area contributed by atoms with Crippen molar-refractivity contribution in [3.8, 4) is 0 Å². The predicted octanol–water partition coefficient (Wildman–Crippen LogP) is 1.09. The van der Waals surface area contributed by atoms with Gasteiger partial charge in [-0.25, -0.2) is 0 Å². The summed E-state index contributed by atoms with van der Waals surface area (Å²) in [6.07, 6.45) is 2.83. The van der Waals surface area contributed by atoms with Gasteiger partial charge in [-0.15, -0.1) is 0 Å². The maximum atomic E-state index is 3.51. The van der Waals surface area contributed by atoms with Crippen LogP contribution in [0.4, 0.5) is 0 Å². The van der Waals surface area contributed by atoms with Gasteiger partial charge in [0.15, 0.2) is 0 Å². The molecule has 94 valence electrons. The molecule has 0 saturated carbocycles. The van der Waals surface area contributed by atoms with E-state index in [1.165, 1.54) is 71.7 Å². The van der Waals surface area contributed by atoms with Crippen molar-refractivity contribution >= 4 is 15.9 Å². The molecule has 2 rings (SSSR count). The van der Waals surface area contributed by atoms with Gasteiger partial charge in [-0.3, -0.25) is 9.80 Å². The Morgan fingerprint density at radius 3 is 1.56 bits per heavy atom. The van der Waals surface area contributed by atoms with Crippen LogP contribution in [0.25, 0.3) is 0 Å². The number of likely N-dealkylation sites (tertiary alicyclic amines) is 1. The Kier molecular flexibility index (Phi) is 5.56. The lowest BCUT2D eigenvalue weighted by molar-refractivity contribution is 0.127. The van der Waals surface area contributed by atoms with Crippen molar-refractivity contribution in [2.75, 3.05) is 64.2 Å². The van der Waals surface area contributed by atoms with Gasteiger partial charge in [-0.05, 0) is 25.9 Å². The number of piperazine rings is 1. The minimum Gasteiger partial charge on any atom is -0.302 e. The summed E-state index contributed by atoms with van der Waals surface area (Å²) in [5.41, 5.74) is 0. The minimum atomic E-state index is 1.11. The minimum absolute atomic E-state index is 1.11. The second-order valence-electron chi connectivity index (χ2n) is 4.92. The molecule has 0 atom stereocenters. The lowest BCUT2D eigenvalue weighted by atomic mass is 10.3. The Bertz CT molecular complexity index is 187. The SMILES string of the molecule is BrCCN1CCN(CCN2CCCC2)CC1. The molecule has 0 aliphatic carbocycles. The van der Waals surface area contributed by atoms with E-state index >= 15 is 0 Å². The van der Waals surface area contributed by atoms with Crippen LogP contribution in [-0.2, 0) is 0 Å². The fourth-order valence-electron chi connectivity index (χ4n) is 2.65. The summed E-state index contributed by atoms with van der Waals surface area (Å²) in [7, 11) is 0. The molecule has 2 fully saturated rings. The first-order valence-corrected chi connectivity index (χ1v) is 7.73. The van der Waals surface area contributed by atoms with Gasteiger partial charge in [0.25, 0.3) is 0 Å². The zero-order valence-corrected chi connectivity index (χ0v) is 11.8. The third-order valence-electron chi connectivity index (χ3n) is 3.80. The second kappa shape index (κ2) is 6.94. The quantitative estimate of drug-likeness (QED) is 0.702. The molecule has 0 aromatic rings. The summed E-state index contributed by atoms with van der Waals surface area (Å²) in [5.74, 6) is 0. The van der Waals surface area contributed by atoms with Crippen molar-refractivity contribution in [2.24, 2.45) is 0 Å². The first-order chi connectivity index (χ1) is 7.88. The van der Waals surface area contributed by atoms with Crippen LogP contribution in [0.1, 0.15) is 12.8 Å². The van der Waals surface area contributed by atoms with Crippen molar-refractivity contribution in [1.82, 2.24) is 14.7 Å². The van der Waals surface area contributed by atoms with Crippen LogP contribution in [0.3, 0.4) is 0 Å². The molecule has 0 aromatic carbocycles. The highest BCUT2D eigenvalue weighted by Gasteiger charge is 2.17. The first-order valence-electron chi connectivity index (χ1n) is 6.61. The van der Waals surface area contributed by atoms with Crippen LogP contribution in [0.2, 0.25) is 0 Å². The molecule has 16 heavy (non-hydrogen) atoms. The Balaban J connectivity index is 1.57. The molecular weight excluding hydrogens is 266 g/mol. The van der Waals surface area contributed by atoms with Crippen molar-refractivity contribution in [3.63, 3.8) is 0 Å². The van der Waals surface area contributed by atoms with Gasteiger partial charge >= 0.3 is 0 Å². The number of halogens is 1. The third kappa shape index (κ3) is 3.99. The van der Waals surface area contributed by atoms with Crippen LogP contribution in [-0.4, -0.2) is 78.9 Å². The van der Waals surface area contributed by atoms with Crippen LogP contribution >= 0.6 is 15.9 Å². The number of hydrogen-bond donors (Lipinski definition) is 0. The summed E-state index contributed by atoms with van der Waals surface area (Å²) in [6, 6.07) is 0. The van der Waals surface area contributed by atoms with Gasteiger partial charge in [0.2, 0.25) is 0 Å². The van der Waals surface area contributed by atoms with Crippen LogP contribution < -0.4 is 0 Å². The zero-order chi connectivity index (χ0) is 11.2. The highest BCUT2D eigenvalue weighted by atomic mass is 79.9. The molecule has 0 bridgehead atoms. The fraction of sp³-hybridized carbons (Fsp3) is 1.00. The van der Waals surface area contributed by atoms with E-state index in [1.54, 1.807) is 0 Å². The Labute approximate surface area is 108 Å². The molecule has 0 amide bonds. The lowest BCUT2D eigenvalue weighted by Crippen LogP contribution is -2.48. The second-order valence-corrected chi connectivity index (χ2v) is 5.71. The first kappa shape index (κ1) is 12.8. The van der Waals surface area contributed by atoms with E-state index in [-0.39, 0.29) is 0 Å². The predicted molar refractivity (Wildman–Crippen MR) is 72.3 cm³/mol. The summed E-state index contributed by atoms with van der Waals surface area (Å²) < 4.78 is 0. The van der Waals surface area contributed by atoms with Crippen molar-refractivity contribution in [1.29, 1.82) is 0 Å². The topological polar surface area (TPSA) is 9.72 Å². The fourth-order valence-corrected chi connectivity index (χ4v) is 3.15. The molecular formula is C12H24BrN3. The largest absolute Gasteiger partial charge is 0.302 e. The number of hydrogen-bond acceptors (Lipinski definition) is 3. The molecule has 0 unspecified atom stereocenters. The van der Waals surface area contributed by atoms with Gasteiger partial charge in [-0.1, -0.05) is 15.9 Å². The summed E-state index contributed by atoms with van der Waals surface area (Å²) in [5, 5.41) is 1.11. The smallest absolute Gasteiger partial charge is 0.0159 e. The molecule has 0 aromatic heterocycles. The van der Waals surface area contributed by atoms with Crippen molar-refractivity contribution in [3.05, 3.63) is 0 Å². The van der Waals surface area contributed by atoms with E-state index in [4.69, 9.17) is 0 Å². The van der Waals surface area contributed by atoms with E-state index in [0.717, 1.165) is 5.33 Å². The van der Waals surface area contributed by atoms with Crippen LogP contribution in [0.15, 0.2) is 0 Å². The summed E-state index contributed by atoms with van der Waals surface area (Å²) >= 11 is 3.51. The van der Waals surface area contributed by atoms with Gasteiger partial charge in [0.05, 0.1) is 0 Å². The van der Waals surface area contributed by atoms with Gasteiger partial charge < -0.3 is 4.90 Å². The summed E-state index contributed by atoms with van der Waals surface area (Å²) in [4.78, 5) is 7.80. The average Bonchev–Trinajstić information content (AvgIpc) is 2.82. The van der Waals surface area contributed by atoms with Crippen LogP contribution in [0.5, 0.6) is 0 Å². The van der Waals surface area contributed by atoms with Crippen LogP contribution in [0, 0.1) is 0 Å². The van der Waals surface area contributed by atoms with Gasteiger partial charge in [0, 0.05) is 51.1 Å². The molecule has 0 spiro atoms. The maximum Gasteiger partial charge on any atom is 0.0159 e. The molecule has 2 aliphatic heterocycles. The number of alkyl halides is 1. The molecule has 0 N–H and O–H groups in total. The Hall–Kier alpha value is 0.360. The van der Waals surface area contributed by atoms with Gasteiger partial charge in [-0.2, -0.15) is 0 Å². The van der Waals surface area contributed by atoms with Gasteiger partial charge in [0.1, 0.15) is 0 Å². The van der Waals surface area contributed by atoms with E-state index < -0.39 is 0 Å². The van der Waals surface area contributed by atoms with Crippen molar-refractivity contribution < 1.29 is 0 Å². The van der Waals surface area contributed by atoms with E-state index in [0.29, 0.717) is 0 Å². The summed E-state index contributed by atoms with van der Waals surface area (Å²) in [6.45, 7) is 11.5. The Morgan fingerprint density at radius 1 is 0.625 bits per heavy atom. The highest BCUT2D eigenvalue weighted by molar-refractivity contribution is 9.09. The third-order valence-corrected chi connectivity index (χ3v) is 4.15.